The number of hydrogen-bond donors (Lipinski definition) is 2. The first-order valence-corrected chi connectivity index (χ1v) is 10.5. The van der Waals surface area contributed by atoms with Crippen molar-refractivity contribution in [1.82, 2.24) is 10.2 Å². The molecule has 2 N–H and O–H groups in total. The van der Waals surface area contributed by atoms with E-state index in [1.165, 1.54) is 0 Å². The van der Waals surface area contributed by atoms with Gasteiger partial charge in [-0.1, -0.05) is 19.1 Å². The summed E-state index contributed by atoms with van der Waals surface area (Å²) in [4.78, 5) is 38.3. The van der Waals surface area contributed by atoms with Gasteiger partial charge in [-0.05, 0) is 56.7 Å². The average molecular weight is 386 g/mol. The molecule has 6 nitrogen and oxygen atoms in total. The Morgan fingerprint density at radius 2 is 1.61 bits per heavy atom. The zero-order valence-corrected chi connectivity index (χ0v) is 16.9. The van der Waals surface area contributed by atoms with Crippen LogP contribution in [0.1, 0.15) is 64.0 Å². The third-order valence-electron chi connectivity index (χ3n) is 5.67. The van der Waals surface area contributed by atoms with Crippen LogP contribution in [0.5, 0.6) is 0 Å². The summed E-state index contributed by atoms with van der Waals surface area (Å²) < 4.78 is 0. The Morgan fingerprint density at radius 1 is 1.00 bits per heavy atom. The lowest BCUT2D eigenvalue weighted by atomic mass is 9.95. The summed E-state index contributed by atoms with van der Waals surface area (Å²) in [6.07, 6.45) is 4.86. The summed E-state index contributed by atoms with van der Waals surface area (Å²) in [5.41, 5.74) is 1.80. The Morgan fingerprint density at radius 3 is 2.18 bits per heavy atom. The highest BCUT2D eigenvalue weighted by Crippen LogP contribution is 2.30. The second-order valence-electron chi connectivity index (χ2n) is 8.02. The highest BCUT2D eigenvalue weighted by Gasteiger charge is 2.30. The maximum atomic E-state index is 12.6. The van der Waals surface area contributed by atoms with Crippen molar-refractivity contribution in [3.05, 3.63) is 29.8 Å². The molecule has 152 valence electrons. The van der Waals surface area contributed by atoms with Gasteiger partial charge in [0.05, 0.1) is 6.04 Å². The van der Waals surface area contributed by atoms with Crippen molar-refractivity contribution in [2.75, 3.05) is 18.4 Å². The lowest BCUT2D eigenvalue weighted by molar-refractivity contribution is -0.135. The molecule has 0 bridgehead atoms. The minimum absolute atomic E-state index is 0.0368. The van der Waals surface area contributed by atoms with Crippen molar-refractivity contribution in [3.8, 4) is 0 Å². The van der Waals surface area contributed by atoms with Crippen LogP contribution >= 0.6 is 0 Å². The van der Waals surface area contributed by atoms with Crippen molar-refractivity contribution in [2.45, 2.75) is 58.4 Å². The monoisotopic (exact) mass is 385 g/mol. The standard InChI is InChI=1S/C22H31N3O3/c1-3-4-20(26)25-13-11-18(12-14-25)21(27)23-15(2)16-7-9-19(10-8-16)24-22(28)17-5-6-17/h7-10,15,17-18H,3-6,11-14H2,1-2H3,(H,23,27)(H,24,28). The first-order valence-electron chi connectivity index (χ1n) is 10.5. The molecule has 1 aromatic rings. The summed E-state index contributed by atoms with van der Waals surface area (Å²) in [5.74, 6) is 0.495. The number of nitrogens with zero attached hydrogens (tertiary/aromatic N) is 1. The highest BCUT2D eigenvalue weighted by atomic mass is 16.2. The molecule has 3 rings (SSSR count). The predicted octanol–water partition coefficient (Wildman–Crippen LogP) is 3.25. The number of piperidine rings is 1. The Kier molecular flexibility index (Phi) is 6.70. The molecule has 1 aliphatic carbocycles. The van der Waals surface area contributed by atoms with Crippen LogP contribution in [0.25, 0.3) is 0 Å². The smallest absolute Gasteiger partial charge is 0.227 e. The van der Waals surface area contributed by atoms with Gasteiger partial charge >= 0.3 is 0 Å². The molecule has 0 aromatic heterocycles. The van der Waals surface area contributed by atoms with Gasteiger partial charge in [0.1, 0.15) is 0 Å². The number of nitrogens with one attached hydrogen (secondary N) is 2. The van der Waals surface area contributed by atoms with Crippen molar-refractivity contribution in [3.63, 3.8) is 0 Å². The summed E-state index contributed by atoms with van der Waals surface area (Å²) in [5, 5.41) is 6.02. The quantitative estimate of drug-likeness (QED) is 0.756. The fourth-order valence-electron chi connectivity index (χ4n) is 3.62. The fraction of sp³-hybridized carbons (Fsp3) is 0.591. The number of benzene rings is 1. The molecule has 6 heteroatoms. The van der Waals surface area contributed by atoms with Gasteiger partial charge in [0.15, 0.2) is 0 Å². The van der Waals surface area contributed by atoms with E-state index >= 15 is 0 Å². The highest BCUT2D eigenvalue weighted by molar-refractivity contribution is 5.94. The third-order valence-corrected chi connectivity index (χ3v) is 5.67. The normalized spacial score (nSPS) is 18.4. The lowest BCUT2D eigenvalue weighted by Gasteiger charge is -2.32. The molecule has 0 spiro atoms. The fourth-order valence-corrected chi connectivity index (χ4v) is 3.62. The van der Waals surface area contributed by atoms with E-state index in [1.807, 2.05) is 43.0 Å². The van der Waals surface area contributed by atoms with E-state index in [0.29, 0.717) is 19.5 Å². The number of likely N-dealkylation sites (tertiary alicyclic amines) is 1. The van der Waals surface area contributed by atoms with Crippen molar-refractivity contribution < 1.29 is 14.4 Å². The van der Waals surface area contributed by atoms with Gasteiger partial charge in [0.2, 0.25) is 17.7 Å². The Balaban J connectivity index is 1.46. The van der Waals surface area contributed by atoms with Gasteiger partial charge in [-0.15, -0.1) is 0 Å². The van der Waals surface area contributed by atoms with E-state index in [4.69, 9.17) is 0 Å². The second-order valence-corrected chi connectivity index (χ2v) is 8.02. The van der Waals surface area contributed by atoms with Gasteiger partial charge in [0, 0.05) is 37.0 Å². The molecule has 1 aromatic carbocycles. The van der Waals surface area contributed by atoms with Crippen LogP contribution in [0.4, 0.5) is 5.69 Å². The molecule has 1 atom stereocenters. The molecular weight excluding hydrogens is 354 g/mol. The van der Waals surface area contributed by atoms with Gasteiger partial charge < -0.3 is 15.5 Å². The van der Waals surface area contributed by atoms with Crippen molar-refractivity contribution >= 4 is 23.4 Å². The maximum absolute atomic E-state index is 12.6. The summed E-state index contributed by atoms with van der Waals surface area (Å²) >= 11 is 0. The van der Waals surface area contributed by atoms with E-state index in [1.54, 1.807) is 0 Å². The minimum Gasteiger partial charge on any atom is -0.349 e. The molecule has 28 heavy (non-hydrogen) atoms. The predicted molar refractivity (Wildman–Crippen MR) is 109 cm³/mol. The molecule has 1 aliphatic heterocycles. The molecule has 2 fully saturated rings. The summed E-state index contributed by atoms with van der Waals surface area (Å²) in [6, 6.07) is 7.56. The van der Waals surface area contributed by atoms with Crippen LogP contribution in [0.2, 0.25) is 0 Å². The molecule has 1 saturated heterocycles. The van der Waals surface area contributed by atoms with E-state index < -0.39 is 0 Å². The van der Waals surface area contributed by atoms with Crippen LogP contribution < -0.4 is 10.6 Å². The molecule has 1 saturated carbocycles. The average Bonchev–Trinajstić information content (AvgIpc) is 3.54. The molecule has 1 unspecified atom stereocenters. The summed E-state index contributed by atoms with van der Waals surface area (Å²) in [6.45, 7) is 5.31. The molecular formula is C22H31N3O3. The van der Waals surface area contributed by atoms with E-state index in [-0.39, 0.29) is 35.6 Å². The zero-order valence-electron chi connectivity index (χ0n) is 16.9. The molecule has 1 heterocycles. The number of rotatable bonds is 7. The van der Waals surface area contributed by atoms with E-state index in [9.17, 15) is 14.4 Å². The minimum atomic E-state index is -0.0968. The van der Waals surface area contributed by atoms with Gasteiger partial charge in [-0.25, -0.2) is 0 Å². The van der Waals surface area contributed by atoms with Crippen LogP contribution in [0.3, 0.4) is 0 Å². The number of anilines is 1. The summed E-state index contributed by atoms with van der Waals surface area (Å²) in [7, 11) is 0. The topological polar surface area (TPSA) is 78.5 Å². The zero-order chi connectivity index (χ0) is 20.1. The van der Waals surface area contributed by atoms with Gasteiger partial charge in [0.25, 0.3) is 0 Å². The maximum Gasteiger partial charge on any atom is 0.227 e. The number of amides is 3. The third kappa shape index (κ3) is 5.33. The molecule has 3 amide bonds. The van der Waals surface area contributed by atoms with Crippen LogP contribution in [0.15, 0.2) is 24.3 Å². The second kappa shape index (κ2) is 9.22. The molecule has 0 radical (unpaired) electrons. The number of carbonyl (C=O) groups excluding carboxylic acids is 3. The van der Waals surface area contributed by atoms with Crippen molar-refractivity contribution in [2.24, 2.45) is 11.8 Å². The van der Waals surface area contributed by atoms with E-state index in [0.717, 1.165) is 43.4 Å². The first kappa shape index (κ1) is 20.4. The largest absolute Gasteiger partial charge is 0.349 e. The van der Waals surface area contributed by atoms with Crippen LogP contribution in [-0.2, 0) is 14.4 Å². The van der Waals surface area contributed by atoms with E-state index in [2.05, 4.69) is 10.6 Å². The lowest BCUT2D eigenvalue weighted by Crippen LogP contribution is -2.43. The van der Waals surface area contributed by atoms with Gasteiger partial charge in [-0.3, -0.25) is 14.4 Å². The number of hydrogen-bond acceptors (Lipinski definition) is 3. The Labute approximate surface area is 167 Å². The van der Waals surface area contributed by atoms with Crippen molar-refractivity contribution in [1.29, 1.82) is 0 Å². The SMILES string of the molecule is CCCC(=O)N1CCC(C(=O)NC(C)c2ccc(NC(=O)C3CC3)cc2)CC1. The number of carbonyl (C=O) groups is 3. The van der Waals surface area contributed by atoms with Gasteiger partial charge in [-0.2, -0.15) is 0 Å². The Bertz CT molecular complexity index is 704. The molecule has 2 aliphatic rings. The Hall–Kier alpha value is -2.37. The van der Waals surface area contributed by atoms with Crippen LogP contribution in [0, 0.1) is 11.8 Å². The first-order chi connectivity index (χ1) is 13.5. The van der Waals surface area contributed by atoms with Crippen LogP contribution in [-0.4, -0.2) is 35.7 Å².